The van der Waals surface area contributed by atoms with Crippen LogP contribution >= 0.6 is 0 Å². The lowest BCUT2D eigenvalue weighted by Crippen LogP contribution is -2.18. The van der Waals surface area contributed by atoms with Crippen molar-refractivity contribution in [2.45, 2.75) is 6.61 Å². The summed E-state index contributed by atoms with van der Waals surface area (Å²) in [6, 6.07) is 20.3. The average Bonchev–Trinajstić information content (AvgIpc) is 2.82. The van der Waals surface area contributed by atoms with E-state index in [1.54, 1.807) is 24.3 Å². The second-order valence-electron chi connectivity index (χ2n) is 6.54. The molecule has 0 fully saturated rings. The highest BCUT2D eigenvalue weighted by molar-refractivity contribution is 5.98. The number of anilines is 1. The van der Waals surface area contributed by atoms with E-state index in [1.165, 1.54) is 32.4 Å². The van der Waals surface area contributed by atoms with Crippen LogP contribution < -0.4 is 14.8 Å². The molecule has 0 unspecified atom stereocenters. The Morgan fingerprint density at radius 1 is 0.750 bits per heavy atom. The number of hydrogen-bond acceptors (Lipinski definition) is 7. The lowest BCUT2D eigenvalue weighted by atomic mass is 10.1. The Morgan fingerprint density at radius 2 is 1.31 bits per heavy atom. The minimum atomic E-state index is -0.805. The van der Waals surface area contributed by atoms with Gasteiger partial charge in [-0.1, -0.05) is 30.3 Å². The predicted molar refractivity (Wildman–Crippen MR) is 116 cm³/mol. The number of rotatable bonds is 7. The predicted octanol–water partition coefficient (Wildman–Crippen LogP) is 4.45. The molecule has 3 aromatic carbocycles. The fourth-order valence-corrected chi connectivity index (χ4v) is 2.77. The van der Waals surface area contributed by atoms with E-state index in [9.17, 15) is 14.4 Å². The van der Waals surface area contributed by atoms with Gasteiger partial charge in [0.05, 0.1) is 25.3 Å². The highest BCUT2D eigenvalue weighted by Gasteiger charge is 2.15. The number of benzene rings is 3. The summed E-state index contributed by atoms with van der Waals surface area (Å²) >= 11 is 0. The molecule has 3 rings (SSSR count). The molecule has 1 amide bonds. The molecule has 0 saturated carbocycles. The smallest absolute Gasteiger partial charge is 0.417 e. The molecule has 164 valence electrons. The lowest BCUT2D eigenvalue weighted by Gasteiger charge is -2.10. The molecule has 0 aliphatic carbocycles. The van der Waals surface area contributed by atoms with Crippen LogP contribution in [0.25, 0.3) is 0 Å². The summed E-state index contributed by atoms with van der Waals surface area (Å²) in [6.07, 6.45) is -0.805. The van der Waals surface area contributed by atoms with Crippen LogP contribution in [0.4, 0.5) is 10.5 Å². The zero-order valence-electron chi connectivity index (χ0n) is 17.5. The van der Waals surface area contributed by atoms with Gasteiger partial charge in [0.1, 0.15) is 18.1 Å². The Kier molecular flexibility index (Phi) is 7.42. The number of hydrogen-bond donors (Lipinski definition) is 1. The molecule has 0 aliphatic rings. The maximum atomic E-state index is 12.3. The third kappa shape index (κ3) is 6.09. The van der Waals surface area contributed by atoms with E-state index in [4.69, 9.17) is 9.47 Å². The fourth-order valence-electron chi connectivity index (χ4n) is 2.77. The summed E-state index contributed by atoms with van der Waals surface area (Å²) in [4.78, 5) is 36.0. The molecule has 32 heavy (non-hydrogen) atoms. The number of carbonyl (C=O) groups excluding carboxylic acids is 3. The van der Waals surface area contributed by atoms with Crippen LogP contribution in [-0.4, -0.2) is 32.3 Å². The summed E-state index contributed by atoms with van der Waals surface area (Å²) in [5.41, 5.74) is 1.35. The minimum absolute atomic E-state index is 0.0746. The fraction of sp³-hybridized carbons (Fsp3) is 0.125. The maximum Gasteiger partial charge on any atom is 0.417 e. The van der Waals surface area contributed by atoms with Crippen LogP contribution in [0.15, 0.2) is 72.8 Å². The summed E-state index contributed by atoms with van der Waals surface area (Å²) in [5.74, 6) is -0.432. The Labute approximate surface area is 184 Å². The first kappa shape index (κ1) is 22.4. The van der Waals surface area contributed by atoms with E-state index in [0.29, 0.717) is 12.4 Å². The van der Waals surface area contributed by atoms with Gasteiger partial charge >= 0.3 is 18.0 Å². The first-order valence-electron chi connectivity index (χ1n) is 9.56. The molecule has 0 radical (unpaired) electrons. The van der Waals surface area contributed by atoms with Gasteiger partial charge in [-0.25, -0.2) is 14.4 Å². The SMILES string of the molecule is COC(=O)c1cc(NC(=O)Oc2ccc(OCc3ccccc3)cc2)cc(C(=O)OC)c1. The van der Waals surface area contributed by atoms with Gasteiger partial charge in [0, 0.05) is 5.69 Å². The zero-order chi connectivity index (χ0) is 22.9. The molecule has 0 aromatic heterocycles. The van der Waals surface area contributed by atoms with E-state index in [2.05, 4.69) is 14.8 Å². The van der Waals surface area contributed by atoms with Crippen molar-refractivity contribution in [1.29, 1.82) is 0 Å². The summed E-state index contributed by atoms with van der Waals surface area (Å²) < 4.78 is 20.3. The van der Waals surface area contributed by atoms with Crippen LogP contribution in [0.1, 0.15) is 26.3 Å². The zero-order valence-corrected chi connectivity index (χ0v) is 17.5. The molecule has 8 heteroatoms. The van der Waals surface area contributed by atoms with E-state index < -0.39 is 18.0 Å². The van der Waals surface area contributed by atoms with Crippen molar-refractivity contribution < 1.29 is 33.3 Å². The van der Waals surface area contributed by atoms with Crippen LogP contribution in [-0.2, 0) is 16.1 Å². The largest absolute Gasteiger partial charge is 0.489 e. The Bertz CT molecular complexity index is 1060. The standard InChI is InChI=1S/C24H21NO7/c1-29-22(26)17-12-18(23(27)30-2)14-19(13-17)25-24(28)32-21-10-8-20(9-11-21)31-15-16-6-4-3-5-7-16/h3-14H,15H2,1-2H3,(H,25,28). The summed E-state index contributed by atoms with van der Waals surface area (Å²) in [6.45, 7) is 0.417. The van der Waals surface area contributed by atoms with Gasteiger partial charge in [-0.3, -0.25) is 5.32 Å². The third-order valence-electron chi connectivity index (χ3n) is 4.30. The maximum absolute atomic E-state index is 12.3. The Morgan fingerprint density at radius 3 is 1.88 bits per heavy atom. The van der Waals surface area contributed by atoms with Gasteiger partial charge < -0.3 is 18.9 Å². The molecule has 0 heterocycles. The van der Waals surface area contributed by atoms with Gasteiger partial charge in [-0.05, 0) is 48.0 Å². The van der Waals surface area contributed by atoms with Crippen molar-refractivity contribution in [2.75, 3.05) is 19.5 Å². The molecule has 0 spiro atoms. The number of ether oxygens (including phenoxy) is 4. The second-order valence-corrected chi connectivity index (χ2v) is 6.54. The number of amides is 1. The molecule has 8 nitrogen and oxygen atoms in total. The van der Waals surface area contributed by atoms with E-state index >= 15 is 0 Å². The quantitative estimate of drug-likeness (QED) is 0.547. The highest BCUT2D eigenvalue weighted by Crippen LogP contribution is 2.21. The van der Waals surface area contributed by atoms with Crippen LogP contribution in [0.2, 0.25) is 0 Å². The first-order chi connectivity index (χ1) is 15.5. The molecular weight excluding hydrogens is 414 g/mol. The van der Waals surface area contributed by atoms with Crippen LogP contribution in [0.5, 0.6) is 11.5 Å². The van der Waals surface area contributed by atoms with Crippen molar-refractivity contribution in [1.82, 2.24) is 0 Å². The molecule has 0 saturated heterocycles. The van der Waals surface area contributed by atoms with Gasteiger partial charge in [-0.15, -0.1) is 0 Å². The molecule has 3 aromatic rings. The van der Waals surface area contributed by atoms with Gasteiger partial charge in [0.15, 0.2) is 0 Å². The highest BCUT2D eigenvalue weighted by atomic mass is 16.6. The van der Waals surface area contributed by atoms with Crippen molar-refractivity contribution in [3.63, 3.8) is 0 Å². The number of methoxy groups -OCH3 is 2. The molecule has 0 aliphatic heterocycles. The van der Waals surface area contributed by atoms with Crippen molar-refractivity contribution in [3.05, 3.63) is 89.5 Å². The number of nitrogens with one attached hydrogen (secondary N) is 1. The lowest BCUT2D eigenvalue weighted by molar-refractivity contribution is 0.0599. The Hall–Kier alpha value is -4.33. The van der Waals surface area contributed by atoms with E-state index in [0.717, 1.165) is 5.56 Å². The number of esters is 2. The van der Waals surface area contributed by atoms with Gasteiger partial charge in [0.25, 0.3) is 0 Å². The van der Waals surface area contributed by atoms with Crippen molar-refractivity contribution in [3.8, 4) is 11.5 Å². The van der Waals surface area contributed by atoms with E-state index in [-0.39, 0.29) is 22.6 Å². The third-order valence-corrected chi connectivity index (χ3v) is 4.30. The number of carbonyl (C=O) groups is 3. The van der Waals surface area contributed by atoms with Gasteiger partial charge in [-0.2, -0.15) is 0 Å². The van der Waals surface area contributed by atoms with Gasteiger partial charge in [0.2, 0.25) is 0 Å². The van der Waals surface area contributed by atoms with Crippen molar-refractivity contribution in [2.24, 2.45) is 0 Å². The first-order valence-corrected chi connectivity index (χ1v) is 9.56. The normalized spacial score (nSPS) is 10.1. The second kappa shape index (κ2) is 10.6. The van der Waals surface area contributed by atoms with Crippen LogP contribution in [0, 0.1) is 0 Å². The monoisotopic (exact) mass is 435 g/mol. The van der Waals surface area contributed by atoms with Crippen molar-refractivity contribution >= 4 is 23.7 Å². The summed E-state index contributed by atoms with van der Waals surface area (Å²) in [7, 11) is 2.42. The molecule has 0 bridgehead atoms. The molecule has 0 atom stereocenters. The topological polar surface area (TPSA) is 100 Å². The summed E-state index contributed by atoms with van der Waals surface area (Å²) in [5, 5.41) is 2.48. The minimum Gasteiger partial charge on any atom is -0.489 e. The van der Waals surface area contributed by atoms with E-state index in [1.807, 2.05) is 30.3 Å². The van der Waals surface area contributed by atoms with Crippen LogP contribution in [0.3, 0.4) is 0 Å². The molecular formula is C24H21NO7. The molecule has 1 N–H and O–H groups in total. The average molecular weight is 435 g/mol. The Balaban J connectivity index is 1.63.